The van der Waals surface area contributed by atoms with Crippen LogP contribution in [0.2, 0.25) is 4.22 Å². The third-order valence-corrected chi connectivity index (χ3v) is 5.74. The molecule has 14 heavy (non-hydrogen) atoms. The standard InChI is InChI=1S/C13H17.Ti/c1-3-7-12-10(5-1)9-11-6-2-4-8-13(11)12;/h1,3,5,7,9-13H,2,4,6,8H2;. The zero-order valence-electron chi connectivity index (χ0n) is 8.52. The molecule has 0 nitrogen and oxygen atoms in total. The molecule has 2 saturated carbocycles. The summed E-state index contributed by atoms with van der Waals surface area (Å²) in [7, 11) is 0. The molecule has 0 spiro atoms. The maximum absolute atomic E-state index is 2.48. The van der Waals surface area contributed by atoms with Crippen molar-refractivity contribution in [2.24, 2.45) is 23.7 Å². The predicted molar refractivity (Wildman–Crippen MR) is 54.5 cm³/mol. The molecule has 0 amide bonds. The van der Waals surface area contributed by atoms with Gasteiger partial charge in [0.15, 0.2) is 0 Å². The summed E-state index contributed by atoms with van der Waals surface area (Å²) in [6.45, 7) is 0. The zero-order valence-corrected chi connectivity index (χ0v) is 10.1. The SMILES string of the molecule is [Ti][CH]1C2C=CC=CC2C2CCCCC12. The molecule has 0 aromatic heterocycles. The maximum atomic E-state index is 2.48. The van der Waals surface area contributed by atoms with Gasteiger partial charge in [-0.05, 0) is 0 Å². The van der Waals surface area contributed by atoms with E-state index in [1.807, 2.05) is 0 Å². The number of allylic oxidation sites excluding steroid dienone is 4. The third-order valence-electron chi connectivity index (χ3n) is 4.47. The van der Waals surface area contributed by atoms with E-state index in [9.17, 15) is 0 Å². The fourth-order valence-electron chi connectivity index (χ4n) is 3.83. The van der Waals surface area contributed by atoms with Crippen molar-refractivity contribution < 1.29 is 20.4 Å². The fourth-order valence-corrected chi connectivity index (χ4v) is 4.99. The fraction of sp³-hybridized carbons (Fsp3) is 0.692. The van der Waals surface area contributed by atoms with E-state index in [-0.39, 0.29) is 0 Å². The van der Waals surface area contributed by atoms with Gasteiger partial charge in [-0.2, -0.15) is 0 Å². The van der Waals surface area contributed by atoms with Gasteiger partial charge in [-0.1, -0.05) is 0 Å². The summed E-state index contributed by atoms with van der Waals surface area (Å²) in [5, 5.41) is 0. The van der Waals surface area contributed by atoms with Crippen molar-refractivity contribution >= 4 is 0 Å². The van der Waals surface area contributed by atoms with Crippen molar-refractivity contribution in [2.75, 3.05) is 0 Å². The molecular weight excluding hydrogens is 204 g/mol. The molecule has 2 fully saturated rings. The van der Waals surface area contributed by atoms with E-state index in [2.05, 4.69) is 44.7 Å². The first-order valence-corrected chi connectivity index (χ1v) is 6.84. The van der Waals surface area contributed by atoms with Gasteiger partial charge in [-0.25, -0.2) is 0 Å². The molecule has 0 aliphatic heterocycles. The molecular formula is C13H17Ti. The van der Waals surface area contributed by atoms with Crippen LogP contribution in [0.15, 0.2) is 24.3 Å². The normalized spacial score (nSPS) is 50.1. The first-order chi connectivity index (χ1) is 6.88. The van der Waals surface area contributed by atoms with Crippen molar-refractivity contribution in [2.45, 2.75) is 29.9 Å². The minimum atomic E-state index is 0.869. The van der Waals surface area contributed by atoms with Gasteiger partial charge in [-0.15, -0.1) is 0 Å². The summed E-state index contributed by atoms with van der Waals surface area (Å²) in [6, 6.07) is 0. The van der Waals surface area contributed by atoms with Gasteiger partial charge < -0.3 is 0 Å². The Morgan fingerprint density at radius 2 is 1.50 bits per heavy atom. The van der Waals surface area contributed by atoms with Crippen LogP contribution in [0.5, 0.6) is 0 Å². The molecule has 73 valence electrons. The molecule has 5 atom stereocenters. The van der Waals surface area contributed by atoms with Crippen LogP contribution in [0, 0.1) is 23.7 Å². The molecule has 0 aromatic carbocycles. The molecule has 0 bridgehead atoms. The van der Waals surface area contributed by atoms with Gasteiger partial charge in [0.2, 0.25) is 0 Å². The number of hydrogen-bond donors (Lipinski definition) is 0. The molecule has 3 rings (SSSR count). The van der Waals surface area contributed by atoms with E-state index >= 15 is 0 Å². The Bertz CT molecular complexity index is 279. The Morgan fingerprint density at radius 1 is 0.857 bits per heavy atom. The van der Waals surface area contributed by atoms with Crippen LogP contribution < -0.4 is 0 Å². The van der Waals surface area contributed by atoms with Gasteiger partial charge in [0.25, 0.3) is 0 Å². The minimum absolute atomic E-state index is 0.869. The topological polar surface area (TPSA) is 0 Å². The Balaban J connectivity index is 1.91. The van der Waals surface area contributed by atoms with Crippen LogP contribution in [-0.4, -0.2) is 0 Å². The van der Waals surface area contributed by atoms with Gasteiger partial charge in [-0.3, -0.25) is 0 Å². The summed E-state index contributed by atoms with van der Waals surface area (Å²) < 4.78 is 0.937. The predicted octanol–water partition coefficient (Wildman–Crippen LogP) is 3.50. The second-order valence-electron chi connectivity index (χ2n) is 5.06. The molecule has 0 heterocycles. The summed E-state index contributed by atoms with van der Waals surface area (Å²) in [5.74, 6) is 3.81. The summed E-state index contributed by atoms with van der Waals surface area (Å²) in [5.41, 5.74) is 0. The first kappa shape index (κ1) is 9.42. The van der Waals surface area contributed by atoms with E-state index in [0.717, 1.165) is 27.9 Å². The molecule has 5 unspecified atom stereocenters. The molecule has 3 aliphatic rings. The monoisotopic (exact) mass is 221 g/mol. The summed E-state index contributed by atoms with van der Waals surface area (Å²) >= 11 is 2.48. The van der Waals surface area contributed by atoms with Crippen LogP contribution >= 0.6 is 0 Å². The second-order valence-corrected chi connectivity index (χ2v) is 6.10. The molecule has 1 heteroatoms. The van der Waals surface area contributed by atoms with E-state index in [1.54, 1.807) is 0 Å². The zero-order chi connectivity index (χ0) is 9.54. The summed E-state index contributed by atoms with van der Waals surface area (Å²) in [6.07, 6.45) is 15.4. The van der Waals surface area contributed by atoms with Crippen molar-refractivity contribution in [1.82, 2.24) is 0 Å². The molecule has 0 radical (unpaired) electrons. The quantitative estimate of drug-likeness (QED) is 0.549. The Kier molecular flexibility index (Phi) is 2.45. The van der Waals surface area contributed by atoms with Crippen LogP contribution in [0.1, 0.15) is 25.7 Å². The van der Waals surface area contributed by atoms with Gasteiger partial charge in [0.1, 0.15) is 0 Å². The van der Waals surface area contributed by atoms with Crippen molar-refractivity contribution in [3.63, 3.8) is 0 Å². The van der Waals surface area contributed by atoms with Gasteiger partial charge in [0.05, 0.1) is 0 Å². The number of hydrogen-bond acceptors (Lipinski definition) is 0. The van der Waals surface area contributed by atoms with Crippen LogP contribution in [0.4, 0.5) is 0 Å². The first-order valence-electron chi connectivity index (χ1n) is 5.94. The molecule has 0 saturated heterocycles. The van der Waals surface area contributed by atoms with Crippen molar-refractivity contribution in [3.05, 3.63) is 24.3 Å². The second kappa shape index (κ2) is 3.65. The van der Waals surface area contributed by atoms with E-state index in [4.69, 9.17) is 0 Å². The van der Waals surface area contributed by atoms with E-state index < -0.39 is 0 Å². The average molecular weight is 221 g/mol. The Hall–Kier alpha value is 0.194. The van der Waals surface area contributed by atoms with Crippen LogP contribution in [-0.2, 0) is 20.4 Å². The molecule has 0 N–H and O–H groups in total. The Morgan fingerprint density at radius 3 is 2.29 bits per heavy atom. The number of fused-ring (bicyclic) bond motifs is 3. The van der Waals surface area contributed by atoms with Crippen molar-refractivity contribution in [3.8, 4) is 0 Å². The Labute approximate surface area is 98.2 Å². The molecule has 3 aliphatic carbocycles. The molecule has 0 aromatic rings. The van der Waals surface area contributed by atoms with Crippen molar-refractivity contribution in [1.29, 1.82) is 0 Å². The van der Waals surface area contributed by atoms with E-state index in [1.165, 1.54) is 25.7 Å². The van der Waals surface area contributed by atoms with Gasteiger partial charge in [0, 0.05) is 0 Å². The van der Waals surface area contributed by atoms with E-state index in [0.29, 0.717) is 0 Å². The average Bonchev–Trinajstić information content (AvgIpc) is 2.55. The van der Waals surface area contributed by atoms with Crippen LogP contribution in [0.3, 0.4) is 0 Å². The summed E-state index contributed by atoms with van der Waals surface area (Å²) in [4.78, 5) is 0. The van der Waals surface area contributed by atoms with Crippen LogP contribution in [0.25, 0.3) is 0 Å². The number of rotatable bonds is 0. The van der Waals surface area contributed by atoms with Gasteiger partial charge >= 0.3 is 98.3 Å². The third kappa shape index (κ3) is 1.31.